The fourth-order valence-corrected chi connectivity index (χ4v) is 3.30. The largest absolute Gasteiger partial charge is 0.480 e. The SMILES string of the molecule is CC(C)C1=NN(CC(=O)O)C(=C=O)c2cc3ccsc3n21. The zero-order valence-electron chi connectivity index (χ0n) is 11.5. The number of carboxylic acid groups (broad SMARTS) is 1. The van der Waals surface area contributed by atoms with E-state index in [1.165, 1.54) is 5.01 Å². The van der Waals surface area contributed by atoms with E-state index in [2.05, 4.69) is 5.10 Å². The van der Waals surface area contributed by atoms with Crippen molar-refractivity contribution in [3.05, 3.63) is 23.2 Å². The molecule has 0 saturated carbocycles. The van der Waals surface area contributed by atoms with Crippen molar-refractivity contribution in [1.82, 2.24) is 9.58 Å². The number of aromatic nitrogens is 1. The molecule has 0 aromatic carbocycles. The van der Waals surface area contributed by atoms with Crippen LogP contribution in [0, 0.1) is 5.92 Å². The first kappa shape index (κ1) is 13.6. The number of carbonyl (C=O) groups is 1. The maximum absolute atomic E-state index is 11.3. The third-order valence-electron chi connectivity index (χ3n) is 3.26. The Labute approximate surface area is 124 Å². The Balaban J connectivity index is 2.26. The number of fused-ring (bicyclic) bond motifs is 3. The van der Waals surface area contributed by atoms with Crippen molar-refractivity contribution in [2.24, 2.45) is 11.0 Å². The molecule has 0 fully saturated rings. The lowest BCUT2D eigenvalue weighted by Crippen LogP contribution is -2.34. The van der Waals surface area contributed by atoms with Gasteiger partial charge in [-0.1, -0.05) is 13.8 Å². The molecule has 2 aromatic heterocycles. The molecule has 2 aromatic rings. The molecule has 0 aliphatic carbocycles. The molecular weight excluding hydrogens is 290 g/mol. The second-order valence-electron chi connectivity index (χ2n) is 5.06. The summed E-state index contributed by atoms with van der Waals surface area (Å²) in [4.78, 5) is 23.3. The van der Waals surface area contributed by atoms with E-state index in [1.807, 2.05) is 41.9 Å². The van der Waals surface area contributed by atoms with E-state index in [0.29, 0.717) is 5.69 Å². The summed E-state index contributed by atoms with van der Waals surface area (Å²) in [6, 6.07) is 3.84. The highest BCUT2D eigenvalue weighted by molar-refractivity contribution is 7.17. The Bertz CT molecular complexity index is 809. The molecule has 21 heavy (non-hydrogen) atoms. The van der Waals surface area contributed by atoms with Crippen LogP contribution in [0.3, 0.4) is 0 Å². The van der Waals surface area contributed by atoms with Crippen LogP contribution in [-0.2, 0) is 9.59 Å². The lowest BCUT2D eigenvalue weighted by atomic mass is 10.1. The van der Waals surface area contributed by atoms with Crippen LogP contribution < -0.4 is 0 Å². The molecule has 1 N–H and O–H groups in total. The van der Waals surface area contributed by atoms with Crippen LogP contribution in [0.2, 0.25) is 0 Å². The predicted octanol–water partition coefficient (Wildman–Crippen LogP) is 2.09. The number of carboxylic acids is 1. The Kier molecular flexibility index (Phi) is 3.16. The van der Waals surface area contributed by atoms with Crippen molar-refractivity contribution in [3.8, 4) is 0 Å². The number of hydrogen-bond acceptors (Lipinski definition) is 5. The van der Waals surface area contributed by atoms with E-state index >= 15 is 0 Å². The topological polar surface area (TPSA) is 74.9 Å². The molecule has 0 spiro atoms. The number of carbonyl (C=O) groups excluding carboxylic acids is 1. The van der Waals surface area contributed by atoms with Gasteiger partial charge < -0.3 is 5.11 Å². The molecule has 3 heterocycles. The fraction of sp³-hybridized carbons (Fsp3) is 0.286. The molecule has 1 aliphatic heterocycles. The molecule has 0 atom stereocenters. The molecule has 6 nitrogen and oxygen atoms in total. The summed E-state index contributed by atoms with van der Waals surface area (Å²) >= 11 is 1.56. The number of nitrogens with zero attached hydrogens (tertiary/aromatic N) is 3. The van der Waals surface area contributed by atoms with Crippen LogP contribution in [0.1, 0.15) is 19.5 Å². The van der Waals surface area contributed by atoms with Gasteiger partial charge >= 0.3 is 5.97 Å². The van der Waals surface area contributed by atoms with Crippen LogP contribution in [0.25, 0.3) is 15.9 Å². The minimum Gasteiger partial charge on any atom is -0.480 e. The Morgan fingerprint density at radius 2 is 2.29 bits per heavy atom. The quantitative estimate of drug-likeness (QED) is 0.881. The van der Waals surface area contributed by atoms with E-state index in [1.54, 1.807) is 11.3 Å². The van der Waals surface area contributed by atoms with Gasteiger partial charge in [-0.15, -0.1) is 11.3 Å². The summed E-state index contributed by atoms with van der Waals surface area (Å²) in [6.07, 6.45) is 0. The van der Waals surface area contributed by atoms with Crippen LogP contribution in [0.4, 0.5) is 0 Å². The van der Waals surface area contributed by atoms with Crippen molar-refractivity contribution in [3.63, 3.8) is 0 Å². The number of hydrazone groups is 1. The van der Waals surface area contributed by atoms with Crippen molar-refractivity contribution in [1.29, 1.82) is 0 Å². The molecule has 0 unspecified atom stereocenters. The van der Waals surface area contributed by atoms with Crippen molar-refractivity contribution in [2.75, 3.05) is 6.54 Å². The third kappa shape index (κ3) is 2.07. The summed E-state index contributed by atoms with van der Waals surface area (Å²) < 4.78 is 1.92. The van der Waals surface area contributed by atoms with Gasteiger partial charge in [-0.3, -0.25) is 9.36 Å². The highest BCUT2D eigenvalue weighted by Gasteiger charge is 2.29. The van der Waals surface area contributed by atoms with E-state index in [0.717, 1.165) is 16.1 Å². The number of hydrogen-bond donors (Lipinski definition) is 1. The molecule has 3 rings (SSSR count). The Morgan fingerprint density at radius 1 is 1.52 bits per heavy atom. The monoisotopic (exact) mass is 303 g/mol. The van der Waals surface area contributed by atoms with Gasteiger partial charge in [0.15, 0.2) is 11.6 Å². The Morgan fingerprint density at radius 3 is 2.90 bits per heavy atom. The molecule has 0 radical (unpaired) electrons. The van der Waals surface area contributed by atoms with Crippen molar-refractivity contribution < 1.29 is 14.7 Å². The first-order chi connectivity index (χ1) is 10.0. The van der Waals surface area contributed by atoms with Crippen LogP contribution in [0.5, 0.6) is 0 Å². The van der Waals surface area contributed by atoms with Crippen LogP contribution in [-0.4, -0.2) is 39.0 Å². The molecule has 0 bridgehead atoms. The Hall–Kier alpha value is -2.37. The average Bonchev–Trinajstić information content (AvgIpc) is 2.97. The third-order valence-corrected chi connectivity index (χ3v) is 4.18. The zero-order chi connectivity index (χ0) is 15.1. The normalized spacial score (nSPS) is 14.3. The van der Waals surface area contributed by atoms with E-state index < -0.39 is 5.97 Å². The molecule has 0 saturated heterocycles. The van der Waals surface area contributed by atoms with Gasteiger partial charge in [-0.05, 0) is 17.5 Å². The minimum absolute atomic E-state index is 0.0888. The van der Waals surface area contributed by atoms with Gasteiger partial charge in [0, 0.05) is 11.3 Å². The highest BCUT2D eigenvalue weighted by atomic mass is 32.1. The average molecular weight is 303 g/mol. The second kappa shape index (κ2) is 4.87. The first-order valence-electron chi connectivity index (χ1n) is 6.45. The number of aliphatic carboxylic acids is 1. The summed E-state index contributed by atoms with van der Waals surface area (Å²) in [5, 5.41) is 17.5. The molecular formula is C14H13N3O3S. The standard InChI is InChI=1S/C14H13N3O3S/c1-8(2)13-15-16(6-12(19)20)11(7-18)10-5-9-3-4-21-14(9)17(10)13/h3-5,8H,6H2,1-2H3,(H,19,20). The zero-order valence-corrected chi connectivity index (χ0v) is 12.3. The summed E-state index contributed by atoms with van der Waals surface area (Å²) in [5.41, 5.74) is 0.803. The maximum atomic E-state index is 11.3. The lowest BCUT2D eigenvalue weighted by molar-refractivity contribution is -0.137. The summed E-state index contributed by atoms with van der Waals surface area (Å²) in [5.74, 6) is 1.60. The molecule has 0 amide bonds. The van der Waals surface area contributed by atoms with Crippen molar-refractivity contribution >= 4 is 45.0 Å². The number of thiophene rings is 1. The van der Waals surface area contributed by atoms with Gasteiger partial charge in [0.2, 0.25) is 0 Å². The van der Waals surface area contributed by atoms with Gasteiger partial charge in [0.1, 0.15) is 17.2 Å². The predicted molar refractivity (Wildman–Crippen MR) is 80.9 cm³/mol. The maximum Gasteiger partial charge on any atom is 0.325 e. The first-order valence-corrected chi connectivity index (χ1v) is 7.33. The van der Waals surface area contributed by atoms with Crippen LogP contribution >= 0.6 is 11.3 Å². The summed E-state index contributed by atoms with van der Waals surface area (Å²) in [7, 11) is 0. The lowest BCUT2D eigenvalue weighted by Gasteiger charge is -2.27. The van der Waals surface area contributed by atoms with E-state index in [4.69, 9.17) is 5.11 Å². The van der Waals surface area contributed by atoms with Gasteiger partial charge in [0.25, 0.3) is 0 Å². The summed E-state index contributed by atoms with van der Waals surface area (Å²) in [6.45, 7) is 3.60. The van der Waals surface area contributed by atoms with Gasteiger partial charge in [0.05, 0.1) is 5.69 Å². The van der Waals surface area contributed by atoms with Crippen LogP contribution in [0.15, 0.2) is 22.6 Å². The van der Waals surface area contributed by atoms with Crippen molar-refractivity contribution in [2.45, 2.75) is 13.8 Å². The van der Waals surface area contributed by atoms with Gasteiger partial charge in [-0.25, -0.2) is 9.80 Å². The van der Waals surface area contributed by atoms with E-state index in [-0.39, 0.29) is 18.2 Å². The van der Waals surface area contributed by atoms with E-state index in [9.17, 15) is 9.59 Å². The molecule has 7 heteroatoms. The minimum atomic E-state index is -1.04. The molecule has 1 aliphatic rings. The molecule has 108 valence electrons. The fourth-order valence-electron chi connectivity index (χ4n) is 2.40. The van der Waals surface area contributed by atoms with Gasteiger partial charge in [-0.2, -0.15) is 5.10 Å². The number of rotatable bonds is 3. The highest BCUT2D eigenvalue weighted by Crippen LogP contribution is 2.33. The smallest absolute Gasteiger partial charge is 0.325 e. The second-order valence-corrected chi connectivity index (χ2v) is 5.96.